The SMILES string of the molecule is CCCCC#Cc1cccc2cc(C(C)Nc3ncnc4nc[nH]c34)n(-c3ccccc3)c(=O)c12. The first-order valence-corrected chi connectivity index (χ1v) is 11.8. The molecule has 0 fully saturated rings. The van der Waals surface area contributed by atoms with E-state index in [1.165, 1.54) is 6.33 Å². The van der Waals surface area contributed by atoms with E-state index in [-0.39, 0.29) is 11.6 Å². The minimum atomic E-state index is -0.243. The fourth-order valence-corrected chi connectivity index (χ4v) is 4.22. The zero-order valence-corrected chi connectivity index (χ0v) is 19.7. The Morgan fingerprint density at radius 1 is 1.09 bits per heavy atom. The average Bonchev–Trinajstić information content (AvgIpc) is 3.37. The molecular weight excluding hydrogens is 436 g/mol. The molecule has 7 nitrogen and oxygen atoms in total. The Morgan fingerprint density at radius 3 is 2.77 bits per heavy atom. The van der Waals surface area contributed by atoms with Crippen LogP contribution in [0.2, 0.25) is 0 Å². The lowest BCUT2D eigenvalue weighted by atomic mass is 10.0. The lowest BCUT2D eigenvalue weighted by molar-refractivity contribution is 0.774. The molecule has 0 saturated carbocycles. The Bertz CT molecular complexity index is 1610. The predicted octanol–water partition coefficient (Wildman–Crippen LogP) is 5.37. The fraction of sp³-hybridized carbons (Fsp3) is 0.214. The molecule has 35 heavy (non-hydrogen) atoms. The first-order valence-electron chi connectivity index (χ1n) is 11.8. The molecule has 0 amide bonds. The van der Waals surface area contributed by atoms with Crippen molar-refractivity contribution < 1.29 is 0 Å². The third-order valence-electron chi connectivity index (χ3n) is 5.99. The van der Waals surface area contributed by atoms with Crippen molar-refractivity contribution in [3.8, 4) is 17.5 Å². The first kappa shape index (κ1) is 22.4. The molecule has 0 bridgehead atoms. The van der Waals surface area contributed by atoms with Gasteiger partial charge in [0, 0.05) is 23.4 Å². The van der Waals surface area contributed by atoms with E-state index in [1.54, 1.807) is 10.9 Å². The van der Waals surface area contributed by atoms with Crippen LogP contribution in [-0.2, 0) is 0 Å². The molecule has 0 spiro atoms. The number of H-pyrrole nitrogens is 1. The van der Waals surface area contributed by atoms with Gasteiger partial charge < -0.3 is 10.3 Å². The summed E-state index contributed by atoms with van der Waals surface area (Å²) in [6.45, 7) is 4.16. The molecule has 0 aliphatic carbocycles. The van der Waals surface area contributed by atoms with Crippen LogP contribution in [0.5, 0.6) is 0 Å². The Morgan fingerprint density at radius 2 is 1.94 bits per heavy atom. The highest BCUT2D eigenvalue weighted by Gasteiger charge is 2.19. The van der Waals surface area contributed by atoms with Crippen LogP contribution in [0.1, 0.15) is 50.4 Å². The van der Waals surface area contributed by atoms with Gasteiger partial charge >= 0.3 is 0 Å². The summed E-state index contributed by atoms with van der Waals surface area (Å²) in [5.74, 6) is 7.10. The summed E-state index contributed by atoms with van der Waals surface area (Å²) in [5, 5.41) is 4.94. The van der Waals surface area contributed by atoms with Crippen LogP contribution in [-0.4, -0.2) is 24.5 Å². The Kier molecular flexibility index (Phi) is 6.27. The normalized spacial score (nSPS) is 11.8. The molecule has 0 saturated heterocycles. The van der Waals surface area contributed by atoms with Gasteiger partial charge in [-0.3, -0.25) is 9.36 Å². The number of fused-ring (bicyclic) bond motifs is 2. The van der Waals surface area contributed by atoms with Crippen LogP contribution in [0.3, 0.4) is 0 Å². The predicted molar refractivity (Wildman–Crippen MR) is 140 cm³/mol. The van der Waals surface area contributed by atoms with Gasteiger partial charge in [0.2, 0.25) is 0 Å². The van der Waals surface area contributed by atoms with Crippen molar-refractivity contribution in [1.82, 2.24) is 24.5 Å². The standard InChI is InChI=1S/C28H26N6O/c1-3-4-5-7-11-20-12-10-13-21-16-23(34(28(35)24(20)21)22-14-8-6-9-15-22)19(2)33-27-25-26(30-17-29-25)31-18-32-27/h6,8-10,12-19H,3-5H2,1-2H3,(H2,29,30,31,32,33). The van der Waals surface area contributed by atoms with Crippen LogP contribution in [0.25, 0.3) is 27.6 Å². The molecule has 0 aliphatic rings. The van der Waals surface area contributed by atoms with E-state index in [1.807, 2.05) is 55.5 Å². The van der Waals surface area contributed by atoms with E-state index in [2.05, 4.69) is 50.1 Å². The molecule has 2 N–H and O–H groups in total. The molecule has 1 unspecified atom stereocenters. The highest BCUT2D eigenvalue weighted by atomic mass is 16.1. The van der Waals surface area contributed by atoms with Crippen LogP contribution < -0.4 is 10.9 Å². The molecule has 5 aromatic rings. The molecule has 3 heterocycles. The van der Waals surface area contributed by atoms with Crippen molar-refractivity contribution in [2.45, 2.75) is 39.2 Å². The van der Waals surface area contributed by atoms with Crippen molar-refractivity contribution in [1.29, 1.82) is 0 Å². The van der Waals surface area contributed by atoms with Gasteiger partial charge in [-0.25, -0.2) is 15.0 Å². The number of anilines is 1. The fourth-order valence-electron chi connectivity index (χ4n) is 4.22. The van der Waals surface area contributed by atoms with E-state index < -0.39 is 0 Å². The average molecular weight is 463 g/mol. The molecule has 5 rings (SSSR count). The second-order valence-corrected chi connectivity index (χ2v) is 8.41. The second kappa shape index (κ2) is 9.82. The summed E-state index contributed by atoms with van der Waals surface area (Å²) >= 11 is 0. The Labute approximate surface area is 203 Å². The number of nitrogens with zero attached hydrogens (tertiary/aromatic N) is 4. The molecule has 3 aromatic heterocycles. The number of nitrogens with one attached hydrogen (secondary N) is 2. The third-order valence-corrected chi connectivity index (χ3v) is 5.99. The highest BCUT2D eigenvalue weighted by Crippen LogP contribution is 2.26. The quantitative estimate of drug-likeness (QED) is 0.262. The lowest BCUT2D eigenvalue weighted by Crippen LogP contribution is -2.26. The van der Waals surface area contributed by atoms with Crippen LogP contribution in [0.4, 0.5) is 5.82 Å². The third kappa shape index (κ3) is 4.38. The molecule has 2 aromatic carbocycles. The number of unbranched alkanes of at least 4 members (excludes halogenated alkanes) is 2. The van der Waals surface area contributed by atoms with Crippen LogP contribution in [0, 0.1) is 11.8 Å². The van der Waals surface area contributed by atoms with E-state index in [4.69, 9.17) is 0 Å². The molecule has 0 aliphatic heterocycles. The summed E-state index contributed by atoms with van der Waals surface area (Å²) in [6, 6.07) is 17.4. The maximum atomic E-state index is 14.0. The molecule has 7 heteroatoms. The number of hydrogen-bond acceptors (Lipinski definition) is 5. The number of aromatic amines is 1. The Balaban J connectivity index is 1.67. The first-order chi connectivity index (χ1) is 17.2. The van der Waals surface area contributed by atoms with Gasteiger partial charge in [-0.2, -0.15) is 0 Å². The summed E-state index contributed by atoms with van der Waals surface area (Å²) in [6.07, 6.45) is 6.03. The molecular formula is C28H26N6O. The number of pyridine rings is 1. The van der Waals surface area contributed by atoms with Crippen molar-refractivity contribution in [2.24, 2.45) is 0 Å². The number of hydrogen-bond donors (Lipinski definition) is 2. The number of para-hydroxylation sites is 1. The van der Waals surface area contributed by atoms with Crippen molar-refractivity contribution in [2.75, 3.05) is 5.32 Å². The van der Waals surface area contributed by atoms with Gasteiger partial charge in [0.05, 0.1) is 17.8 Å². The molecule has 174 valence electrons. The smallest absolute Gasteiger partial charge is 0.264 e. The van der Waals surface area contributed by atoms with Crippen molar-refractivity contribution in [3.05, 3.63) is 88.9 Å². The zero-order chi connectivity index (χ0) is 24.2. The van der Waals surface area contributed by atoms with E-state index in [0.717, 1.165) is 47.1 Å². The van der Waals surface area contributed by atoms with E-state index >= 15 is 0 Å². The zero-order valence-electron chi connectivity index (χ0n) is 19.7. The van der Waals surface area contributed by atoms with E-state index in [9.17, 15) is 4.79 Å². The Hall–Kier alpha value is -4.44. The van der Waals surface area contributed by atoms with Crippen LogP contribution in [0.15, 0.2) is 72.0 Å². The number of benzene rings is 2. The van der Waals surface area contributed by atoms with Crippen LogP contribution >= 0.6 is 0 Å². The highest BCUT2D eigenvalue weighted by molar-refractivity contribution is 5.88. The van der Waals surface area contributed by atoms with Gasteiger partial charge in [-0.15, -0.1) is 0 Å². The summed E-state index contributed by atoms with van der Waals surface area (Å²) in [4.78, 5) is 29.9. The second-order valence-electron chi connectivity index (χ2n) is 8.41. The summed E-state index contributed by atoms with van der Waals surface area (Å²) < 4.78 is 1.77. The van der Waals surface area contributed by atoms with Crippen molar-refractivity contribution >= 4 is 27.8 Å². The van der Waals surface area contributed by atoms with Gasteiger partial charge in [-0.1, -0.05) is 55.5 Å². The largest absolute Gasteiger partial charge is 0.360 e. The molecule has 1 atom stereocenters. The topological polar surface area (TPSA) is 88.5 Å². The minimum Gasteiger partial charge on any atom is -0.360 e. The monoisotopic (exact) mass is 462 g/mol. The maximum absolute atomic E-state index is 14.0. The number of rotatable bonds is 6. The van der Waals surface area contributed by atoms with E-state index in [0.29, 0.717) is 16.9 Å². The number of imidazole rings is 1. The maximum Gasteiger partial charge on any atom is 0.264 e. The molecule has 0 radical (unpaired) electrons. The lowest BCUT2D eigenvalue weighted by Gasteiger charge is -2.21. The van der Waals surface area contributed by atoms with Gasteiger partial charge in [0.25, 0.3) is 5.56 Å². The van der Waals surface area contributed by atoms with Crippen molar-refractivity contribution in [3.63, 3.8) is 0 Å². The number of aromatic nitrogens is 5. The summed E-state index contributed by atoms with van der Waals surface area (Å²) in [5.41, 5.74) is 3.59. The summed E-state index contributed by atoms with van der Waals surface area (Å²) in [7, 11) is 0. The van der Waals surface area contributed by atoms with Gasteiger partial charge in [-0.05, 0) is 43.0 Å². The minimum absolute atomic E-state index is 0.0906. The van der Waals surface area contributed by atoms with Gasteiger partial charge in [0.1, 0.15) is 11.8 Å². The van der Waals surface area contributed by atoms with Gasteiger partial charge in [0.15, 0.2) is 11.5 Å².